The third-order valence-electron chi connectivity index (χ3n) is 2.59. The molecule has 1 heterocycles. The summed E-state index contributed by atoms with van der Waals surface area (Å²) >= 11 is 6.06. The Bertz CT molecular complexity index is 588. The van der Waals surface area contributed by atoms with Crippen molar-refractivity contribution >= 4 is 22.5 Å². The Labute approximate surface area is 103 Å². The van der Waals surface area contributed by atoms with Crippen LogP contribution in [0.15, 0.2) is 18.2 Å². The Hall–Kier alpha value is -1.22. The van der Waals surface area contributed by atoms with E-state index in [9.17, 15) is 8.78 Å². The fraction of sp³-hybridized carbons (Fsp3) is 0.308. The van der Waals surface area contributed by atoms with E-state index in [2.05, 4.69) is 4.98 Å². The molecule has 0 bridgehead atoms. The molecule has 0 saturated heterocycles. The van der Waals surface area contributed by atoms with Gasteiger partial charge in [0.1, 0.15) is 5.52 Å². The van der Waals surface area contributed by atoms with Gasteiger partial charge >= 0.3 is 0 Å². The first-order chi connectivity index (χ1) is 7.80. The lowest BCUT2D eigenvalue weighted by atomic mass is 9.91. The normalized spacial score (nSPS) is 12.1. The van der Waals surface area contributed by atoms with Gasteiger partial charge in [-0.25, -0.2) is 13.8 Å². The van der Waals surface area contributed by atoms with E-state index in [-0.39, 0.29) is 10.9 Å². The van der Waals surface area contributed by atoms with Gasteiger partial charge in [-0.15, -0.1) is 0 Å². The van der Waals surface area contributed by atoms with Crippen LogP contribution < -0.4 is 0 Å². The van der Waals surface area contributed by atoms with E-state index >= 15 is 0 Å². The Morgan fingerprint density at radius 2 is 1.82 bits per heavy atom. The molecule has 2 aromatic rings. The largest absolute Gasteiger partial charge is 0.249 e. The smallest absolute Gasteiger partial charge is 0.185 e. The van der Waals surface area contributed by atoms with Gasteiger partial charge in [0.15, 0.2) is 11.6 Å². The molecule has 1 aromatic carbocycles. The van der Waals surface area contributed by atoms with Gasteiger partial charge in [0.25, 0.3) is 0 Å². The second kappa shape index (κ2) is 3.91. The second-order valence-electron chi connectivity index (χ2n) is 5.00. The number of pyridine rings is 1. The topological polar surface area (TPSA) is 12.9 Å². The van der Waals surface area contributed by atoms with Crippen molar-refractivity contribution in [3.8, 4) is 0 Å². The molecule has 1 nitrogen and oxygen atoms in total. The number of benzene rings is 1. The molecule has 0 aliphatic carbocycles. The second-order valence-corrected chi connectivity index (χ2v) is 5.40. The molecule has 0 aliphatic heterocycles. The van der Waals surface area contributed by atoms with E-state index in [0.29, 0.717) is 16.1 Å². The number of halogens is 3. The van der Waals surface area contributed by atoms with E-state index in [1.165, 1.54) is 6.07 Å². The quantitative estimate of drug-likeness (QED) is 0.677. The maximum Gasteiger partial charge on any atom is 0.185 e. The Morgan fingerprint density at radius 3 is 2.41 bits per heavy atom. The first-order valence-electron chi connectivity index (χ1n) is 5.25. The number of rotatable bonds is 0. The minimum atomic E-state index is -0.949. The molecule has 1 aromatic heterocycles. The summed E-state index contributed by atoms with van der Waals surface area (Å²) < 4.78 is 26.8. The summed E-state index contributed by atoms with van der Waals surface area (Å²) in [7, 11) is 0. The van der Waals surface area contributed by atoms with E-state index in [4.69, 9.17) is 11.6 Å². The summed E-state index contributed by atoms with van der Waals surface area (Å²) in [5.41, 5.74) is 0.360. The highest BCUT2D eigenvalue weighted by Crippen LogP contribution is 2.30. The highest BCUT2D eigenvalue weighted by atomic mass is 35.5. The molecule has 0 N–H and O–H groups in total. The van der Waals surface area contributed by atoms with Crippen LogP contribution in [0.5, 0.6) is 0 Å². The van der Waals surface area contributed by atoms with Crippen molar-refractivity contribution in [3.05, 3.63) is 40.6 Å². The fourth-order valence-corrected chi connectivity index (χ4v) is 1.83. The average molecular weight is 256 g/mol. The third kappa shape index (κ3) is 2.12. The minimum Gasteiger partial charge on any atom is -0.249 e. The lowest BCUT2D eigenvalue weighted by molar-refractivity contribution is 0.513. The van der Waals surface area contributed by atoms with Gasteiger partial charge in [-0.3, -0.25) is 0 Å². The van der Waals surface area contributed by atoms with Gasteiger partial charge in [-0.05, 0) is 18.2 Å². The molecule has 2 rings (SSSR count). The van der Waals surface area contributed by atoms with Crippen LogP contribution in [0.25, 0.3) is 10.9 Å². The monoisotopic (exact) mass is 255 g/mol. The predicted molar refractivity (Wildman–Crippen MR) is 65.4 cm³/mol. The first-order valence-corrected chi connectivity index (χ1v) is 5.63. The number of hydrogen-bond donors (Lipinski definition) is 0. The highest BCUT2D eigenvalue weighted by Gasteiger charge is 2.19. The van der Waals surface area contributed by atoms with Crippen LogP contribution in [-0.4, -0.2) is 4.98 Å². The SMILES string of the molecule is CC(C)(C)c1cc(Cl)c2ccc(F)c(F)c2n1. The van der Waals surface area contributed by atoms with Crippen molar-refractivity contribution in [2.45, 2.75) is 26.2 Å². The summed E-state index contributed by atoms with van der Waals surface area (Å²) in [5.74, 6) is -1.86. The molecular weight excluding hydrogens is 244 g/mol. The number of nitrogens with zero attached hydrogens (tertiary/aromatic N) is 1. The first kappa shape index (κ1) is 12.2. The van der Waals surface area contributed by atoms with E-state index in [1.54, 1.807) is 6.07 Å². The molecule has 0 radical (unpaired) electrons. The van der Waals surface area contributed by atoms with Gasteiger partial charge < -0.3 is 0 Å². The fourth-order valence-electron chi connectivity index (χ4n) is 1.58. The summed E-state index contributed by atoms with van der Waals surface area (Å²) in [6.07, 6.45) is 0. The molecule has 0 unspecified atom stereocenters. The summed E-state index contributed by atoms with van der Waals surface area (Å²) in [6, 6.07) is 4.19. The lowest BCUT2D eigenvalue weighted by Crippen LogP contribution is -2.13. The molecule has 17 heavy (non-hydrogen) atoms. The summed E-state index contributed by atoms with van der Waals surface area (Å²) in [5, 5.41) is 0.817. The predicted octanol–water partition coefficient (Wildman–Crippen LogP) is 4.46. The Balaban J connectivity index is 2.84. The van der Waals surface area contributed by atoms with Gasteiger partial charge in [0, 0.05) is 16.5 Å². The van der Waals surface area contributed by atoms with Crippen molar-refractivity contribution < 1.29 is 8.78 Å². The summed E-state index contributed by atoms with van der Waals surface area (Å²) in [4.78, 5) is 4.17. The summed E-state index contributed by atoms with van der Waals surface area (Å²) in [6.45, 7) is 5.82. The molecule has 0 amide bonds. The van der Waals surface area contributed by atoms with Crippen molar-refractivity contribution in [2.24, 2.45) is 0 Å². The van der Waals surface area contributed by atoms with Crippen molar-refractivity contribution in [1.82, 2.24) is 4.98 Å². The van der Waals surface area contributed by atoms with Crippen LogP contribution in [0, 0.1) is 11.6 Å². The average Bonchev–Trinajstić information content (AvgIpc) is 2.22. The van der Waals surface area contributed by atoms with E-state index in [0.717, 1.165) is 6.07 Å². The highest BCUT2D eigenvalue weighted by molar-refractivity contribution is 6.35. The van der Waals surface area contributed by atoms with Crippen LogP contribution in [-0.2, 0) is 5.41 Å². The van der Waals surface area contributed by atoms with Crippen molar-refractivity contribution in [1.29, 1.82) is 0 Å². The number of fused-ring (bicyclic) bond motifs is 1. The Kier molecular flexibility index (Phi) is 2.82. The number of aromatic nitrogens is 1. The van der Waals surface area contributed by atoms with E-state index in [1.807, 2.05) is 20.8 Å². The van der Waals surface area contributed by atoms with Crippen LogP contribution in [0.1, 0.15) is 26.5 Å². The lowest BCUT2D eigenvalue weighted by Gasteiger charge is -2.18. The molecule has 0 atom stereocenters. The van der Waals surface area contributed by atoms with Gasteiger partial charge in [-0.2, -0.15) is 0 Å². The molecule has 0 fully saturated rings. The third-order valence-corrected chi connectivity index (χ3v) is 2.90. The maximum absolute atomic E-state index is 13.7. The standard InChI is InChI=1S/C13H12ClF2N/c1-13(2,3)10-6-8(14)7-4-5-9(15)11(16)12(7)17-10/h4-6H,1-3H3. The minimum absolute atomic E-state index is 0.0116. The maximum atomic E-state index is 13.7. The van der Waals surface area contributed by atoms with Crippen molar-refractivity contribution in [3.63, 3.8) is 0 Å². The van der Waals surface area contributed by atoms with Gasteiger partial charge in [-0.1, -0.05) is 32.4 Å². The zero-order valence-electron chi connectivity index (χ0n) is 9.81. The molecule has 90 valence electrons. The van der Waals surface area contributed by atoms with Crippen LogP contribution in [0.2, 0.25) is 5.02 Å². The zero-order chi connectivity index (χ0) is 12.8. The van der Waals surface area contributed by atoms with Gasteiger partial charge in [0.05, 0.1) is 5.02 Å². The van der Waals surface area contributed by atoms with Crippen LogP contribution in [0.4, 0.5) is 8.78 Å². The molecular formula is C13H12ClF2N. The van der Waals surface area contributed by atoms with Gasteiger partial charge in [0.2, 0.25) is 0 Å². The molecule has 0 aliphatic rings. The van der Waals surface area contributed by atoms with Crippen LogP contribution >= 0.6 is 11.6 Å². The molecule has 0 saturated carbocycles. The van der Waals surface area contributed by atoms with E-state index < -0.39 is 11.6 Å². The van der Waals surface area contributed by atoms with Crippen LogP contribution in [0.3, 0.4) is 0 Å². The Morgan fingerprint density at radius 1 is 1.18 bits per heavy atom. The number of hydrogen-bond acceptors (Lipinski definition) is 1. The molecule has 0 spiro atoms. The van der Waals surface area contributed by atoms with Crippen molar-refractivity contribution in [2.75, 3.05) is 0 Å². The molecule has 4 heteroatoms. The zero-order valence-corrected chi connectivity index (χ0v) is 10.6.